The fourth-order valence-electron chi connectivity index (χ4n) is 2.17. The zero-order valence-corrected chi connectivity index (χ0v) is 13.8. The monoisotopic (exact) mass is 350 g/mol. The minimum Gasteiger partial charge on any atom is -0.366 e. The number of halogens is 1. The molecule has 1 saturated heterocycles. The summed E-state index contributed by atoms with van der Waals surface area (Å²) >= 11 is 6.92. The molecule has 0 aliphatic carbocycles. The second-order valence-electron chi connectivity index (χ2n) is 4.47. The summed E-state index contributed by atoms with van der Waals surface area (Å²) in [5.74, 6) is 0.139. The average molecular weight is 351 g/mol. The van der Waals surface area contributed by atoms with Crippen molar-refractivity contribution in [2.45, 2.75) is 17.5 Å². The molecule has 1 aliphatic rings. The molecule has 0 aromatic heterocycles. The number of nitrogens with zero attached hydrogens (tertiary/aromatic N) is 1. The van der Waals surface area contributed by atoms with Crippen LogP contribution in [0, 0.1) is 0 Å². The topological polar surface area (TPSA) is 86.7 Å². The molecule has 6 nitrogen and oxygen atoms in total. The summed E-state index contributed by atoms with van der Waals surface area (Å²) < 4.78 is 26.1. The number of rotatable bonds is 4. The van der Waals surface area contributed by atoms with Crippen molar-refractivity contribution in [2.75, 3.05) is 19.3 Å². The first-order valence-electron chi connectivity index (χ1n) is 6.16. The zero-order chi connectivity index (χ0) is 15.8. The van der Waals surface area contributed by atoms with E-state index in [1.54, 1.807) is 6.92 Å². The van der Waals surface area contributed by atoms with Crippen LogP contribution < -0.4 is 4.72 Å². The summed E-state index contributed by atoms with van der Waals surface area (Å²) in [6, 6.07) is 4.23. The van der Waals surface area contributed by atoms with Gasteiger partial charge in [0.15, 0.2) is 5.72 Å². The Morgan fingerprint density at radius 2 is 2.19 bits per heavy atom. The standard InChI is InChI=1S/C12H15ClN2O4S2/c1-3-15-11(16)20-7-12(15,17)8-4-5-9(13)10(6-8)21(18,19)14-2/h4-6,14,17H,3,7H2,1-2H3. The van der Waals surface area contributed by atoms with Crippen LogP contribution >= 0.6 is 23.4 Å². The minimum atomic E-state index is -3.75. The number of hydrogen-bond donors (Lipinski definition) is 2. The molecule has 21 heavy (non-hydrogen) atoms. The molecule has 1 unspecified atom stereocenters. The Morgan fingerprint density at radius 1 is 1.52 bits per heavy atom. The van der Waals surface area contributed by atoms with Gasteiger partial charge in [0, 0.05) is 12.1 Å². The Labute approximate surface area is 132 Å². The molecule has 1 aromatic rings. The summed E-state index contributed by atoms with van der Waals surface area (Å²) in [6.07, 6.45) is 0. The van der Waals surface area contributed by atoms with Gasteiger partial charge in [0.2, 0.25) is 10.0 Å². The molecule has 1 heterocycles. The summed E-state index contributed by atoms with van der Waals surface area (Å²) in [5, 5.41) is 10.6. The normalized spacial score (nSPS) is 22.9. The molecule has 116 valence electrons. The van der Waals surface area contributed by atoms with E-state index in [0.717, 1.165) is 11.8 Å². The maximum absolute atomic E-state index is 11.9. The number of carbonyl (C=O) groups is 1. The van der Waals surface area contributed by atoms with Gasteiger partial charge < -0.3 is 10.0 Å². The van der Waals surface area contributed by atoms with Crippen LogP contribution in [0.5, 0.6) is 0 Å². The highest BCUT2D eigenvalue weighted by atomic mass is 35.5. The van der Waals surface area contributed by atoms with E-state index in [1.807, 2.05) is 0 Å². The highest BCUT2D eigenvalue weighted by Gasteiger charge is 2.45. The van der Waals surface area contributed by atoms with Gasteiger partial charge in [-0.05, 0) is 26.1 Å². The molecule has 1 atom stereocenters. The molecule has 9 heteroatoms. The van der Waals surface area contributed by atoms with Crippen molar-refractivity contribution in [3.05, 3.63) is 28.8 Å². The quantitative estimate of drug-likeness (QED) is 0.861. The molecular formula is C12H15ClN2O4S2. The Kier molecular flexibility index (Phi) is 4.55. The molecule has 1 aliphatic heterocycles. The van der Waals surface area contributed by atoms with Crippen LogP contribution in [0.15, 0.2) is 23.1 Å². The molecule has 0 saturated carbocycles. The smallest absolute Gasteiger partial charge is 0.284 e. The fourth-order valence-corrected chi connectivity index (χ4v) is 4.50. The number of sulfonamides is 1. The van der Waals surface area contributed by atoms with Crippen LogP contribution in [0.1, 0.15) is 12.5 Å². The predicted octanol–water partition coefficient (Wildman–Crippen LogP) is 1.58. The second-order valence-corrected chi connectivity index (χ2v) is 7.66. The van der Waals surface area contributed by atoms with Crippen LogP contribution in [0.25, 0.3) is 0 Å². The number of nitrogens with one attached hydrogen (secondary N) is 1. The number of hydrogen-bond acceptors (Lipinski definition) is 5. The van der Waals surface area contributed by atoms with Crippen molar-refractivity contribution >= 4 is 38.6 Å². The van der Waals surface area contributed by atoms with Gasteiger partial charge in [0.05, 0.1) is 10.8 Å². The maximum atomic E-state index is 11.9. The van der Waals surface area contributed by atoms with E-state index in [1.165, 1.54) is 30.1 Å². The van der Waals surface area contributed by atoms with E-state index in [2.05, 4.69) is 4.72 Å². The van der Waals surface area contributed by atoms with E-state index in [0.29, 0.717) is 12.1 Å². The van der Waals surface area contributed by atoms with Crippen molar-refractivity contribution in [3.8, 4) is 0 Å². The third kappa shape index (κ3) is 2.78. The van der Waals surface area contributed by atoms with Gasteiger partial charge in [-0.25, -0.2) is 13.1 Å². The average Bonchev–Trinajstić information content (AvgIpc) is 2.75. The van der Waals surface area contributed by atoms with E-state index in [9.17, 15) is 18.3 Å². The third-order valence-corrected chi connectivity index (χ3v) is 6.24. The minimum absolute atomic E-state index is 0.0525. The lowest BCUT2D eigenvalue weighted by atomic mass is 10.0. The predicted molar refractivity (Wildman–Crippen MR) is 81.8 cm³/mol. The van der Waals surface area contributed by atoms with E-state index < -0.39 is 15.7 Å². The Morgan fingerprint density at radius 3 is 2.76 bits per heavy atom. The lowest BCUT2D eigenvalue weighted by Crippen LogP contribution is -2.44. The first-order chi connectivity index (χ1) is 9.76. The molecule has 0 radical (unpaired) electrons. The largest absolute Gasteiger partial charge is 0.366 e. The highest BCUT2D eigenvalue weighted by molar-refractivity contribution is 8.13. The van der Waals surface area contributed by atoms with Crippen LogP contribution in [-0.2, 0) is 15.7 Å². The Bertz CT molecular complexity index is 680. The number of aliphatic hydroxyl groups is 1. The molecule has 0 spiro atoms. The van der Waals surface area contributed by atoms with Gasteiger partial charge in [-0.1, -0.05) is 29.4 Å². The van der Waals surface area contributed by atoms with Gasteiger partial charge in [-0.3, -0.25) is 4.79 Å². The van der Waals surface area contributed by atoms with Crippen molar-refractivity contribution in [1.82, 2.24) is 9.62 Å². The Balaban J connectivity index is 2.56. The van der Waals surface area contributed by atoms with Crippen molar-refractivity contribution in [1.29, 1.82) is 0 Å². The number of thioether (sulfide) groups is 1. The molecule has 1 fully saturated rings. The van der Waals surface area contributed by atoms with Crippen molar-refractivity contribution in [2.24, 2.45) is 0 Å². The summed E-state index contributed by atoms with van der Waals surface area (Å²) in [7, 11) is -2.47. The maximum Gasteiger partial charge on any atom is 0.284 e. The van der Waals surface area contributed by atoms with Crippen molar-refractivity contribution < 1.29 is 18.3 Å². The third-order valence-electron chi connectivity index (χ3n) is 3.33. The lowest BCUT2D eigenvalue weighted by Gasteiger charge is -2.32. The molecule has 1 amide bonds. The van der Waals surface area contributed by atoms with Crippen molar-refractivity contribution in [3.63, 3.8) is 0 Å². The lowest BCUT2D eigenvalue weighted by molar-refractivity contribution is -0.0536. The van der Waals surface area contributed by atoms with Crippen LogP contribution in [0.3, 0.4) is 0 Å². The Hall–Kier alpha value is -0.800. The first-order valence-corrected chi connectivity index (χ1v) is 9.01. The molecule has 1 aromatic carbocycles. The number of carbonyl (C=O) groups excluding carboxylic acids is 1. The van der Waals surface area contributed by atoms with Gasteiger partial charge >= 0.3 is 0 Å². The van der Waals surface area contributed by atoms with Crippen LogP contribution in [0.4, 0.5) is 4.79 Å². The van der Waals surface area contributed by atoms with Gasteiger partial charge in [-0.15, -0.1) is 0 Å². The second kappa shape index (κ2) is 5.77. The molecule has 2 rings (SSSR count). The molecule has 2 N–H and O–H groups in total. The summed E-state index contributed by atoms with van der Waals surface area (Å²) in [5.41, 5.74) is -1.21. The van der Waals surface area contributed by atoms with Crippen LogP contribution in [0.2, 0.25) is 5.02 Å². The van der Waals surface area contributed by atoms with Gasteiger partial charge in [-0.2, -0.15) is 0 Å². The van der Waals surface area contributed by atoms with Gasteiger partial charge in [0.1, 0.15) is 4.90 Å². The molecule has 0 bridgehead atoms. The van der Waals surface area contributed by atoms with Crippen LogP contribution in [-0.4, -0.2) is 43.0 Å². The SMILES string of the molecule is CCN1C(=O)SCC1(O)c1ccc(Cl)c(S(=O)(=O)NC)c1. The number of benzene rings is 1. The fraction of sp³-hybridized carbons (Fsp3) is 0.417. The number of amides is 1. The summed E-state index contributed by atoms with van der Waals surface area (Å²) in [4.78, 5) is 12.9. The van der Waals surface area contributed by atoms with E-state index >= 15 is 0 Å². The molecular weight excluding hydrogens is 336 g/mol. The van der Waals surface area contributed by atoms with E-state index in [4.69, 9.17) is 11.6 Å². The zero-order valence-electron chi connectivity index (χ0n) is 11.5. The first kappa shape index (κ1) is 16.6. The van der Waals surface area contributed by atoms with E-state index in [-0.39, 0.29) is 20.9 Å². The summed E-state index contributed by atoms with van der Waals surface area (Å²) in [6.45, 7) is 2.06. The highest BCUT2D eigenvalue weighted by Crippen LogP contribution is 2.40. The van der Waals surface area contributed by atoms with Gasteiger partial charge in [0.25, 0.3) is 5.24 Å².